The quantitative estimate of drug-likeness (QED) is 0.576. The van der Waals surface area contributed by atoms with Gasteiger partial charge in [0.05, 0.1) is 13.7 Å². The topological polar surface area (TPSA) is 71.8 Å². The molecule has 0 radical (unpaired) electrons. The maximum Gasteiger partial charge on any atom is 0.341 e. The Morgan fingerprint density at radius 1 is 1.32 bits per heavy atom. The van der Waals surface area contributed by atoms with Crippen LogP contribution in [0.25, 0.3) is 0 Å². The van der Waals surface area contributed by atoms with Crippen molar-refractivity contribution in [3.8, 4) is 0 Å². The van der Waals surface area contributed by atoms with Gasteiger partial charge in [0.1, 0.15) is 17.1 Å². The van der Waals surface area contributed by atoms with Crippen molar-refractivity contribution in [2.45, 2.75) is 52.5 Å². The molecular formula is C19H30N2O4. The smallest absolute Gasteiger partial charge is 0.341 e. The first-order valence-electron chi connectivity index (χ1n) is 9.22. The molecule has 1 N–H and O–H groups in total. The minimum atomic E-state index is -0.369. The summed E-state index contributed by atoms with van der Waals surface area (Å²) in [6, 6.07) is 1.76. The fourth-order valence-electron chi connectivity index (χ4n) is 3.24. The predicted octanol–water partition coefficient (Wildman–Crippen LogP) is 2.89. The highest BCUT2D eigenvalue weighted by molar-refractivity contribution is 5.90. The summed E-state index contributed by atoms with van der Waals surface area (Å²) in [5.74, 6) is 1.29. The van der Waals surface area contributed by atoms with Crippen molar-refractivity contribution in [2.75, 3.05) is 26.7 Å². The van der Waals surface area contributed by atoms with E-state index in [1.54, 1.807) is 13.0 Å². The number of likely N-dealkylation sites (tertiary alicyclic amines) is 1. The van der Waals surface area contributed by atoms with Crippen LogP contribution in [0.15, 0.2) is 10.5 Å². The Balaban J connectivity index is 1.77. The van der Waals surface area contributed by atoms with Gasteiger partial charge in [0.15, 0.2) is 0 Å². The summed E-state index contributed by atoms with van der Waals surface area (Å²) in [7, 11) is 1.37. The number of nitrogens with zero attached hydrogens (tertiary/aromatic N) is 1. The van der Waals surface area contributed by atoms with Crippen LogP contribution < -0.4 is 5.32 Å². The molecule has 2 rings (SSSR count). The maximum atomic E-state index is 12.2. The number of aryl methyl sites for hydroxylation is 1. The summed E-state index contributed by atoms with van der Waals surface area (Å²) in [5, 5.41) is 3.05. The minimum absolute atomic E-state index is 0.113. The van der Waals surface area contributed by atoms with Gasteiger partial charge in [-0.3, -0.25) is 9.69 Å². The van der Waals surface area contributed by atoms with Crippen molar-refractivity contribution in [3.05, 3.63) is 23.2 Å². The fourth-order valence-corrected chi connectivity index (χ4v) is 3.24. The van der Waals surface area contributed by atoms with Crippen LogP contribution in [-0.4, -0.2) is 43.5 Å². The molecule has 0 spiro atoms. The zero-order chi connectivity index (χ0) is 18.2. The number of ether oxygens (including phenoxy) is 1. The number of nitrogens with one attached hydrogen (secondary N) is 1. The fraction of sp³-hybridized carbons (Fsp3) is 0.684. The first-order valence-corrected chi connectivity index (χ1v) is 9.22. The molecule has 6 nitrogen and oxygen atoms in total. The highest BCUT2D eigenvalue weighted by Crippen LogP contribution is 2.22. The minimum Gasteiger partial charge on any atom is -0.465 e. The van der Waals surface area contributed by atoms with Crippen LogP contribution in [0.3, 0.4) is 0 Å². The Hall–Kier alpha value is -1.82. The van der Waals surface area contributed by atoms with E-state index in [1.807, 2.05) is 0 Å². The number of methoxy groups -OCH3 is 1. The summed E-state index contributed by atoms with van der Waals surface area (Å²) in [5.41, 5.74) is 0.485. The highest BCUT2D eigenvalue weighted by atomic mass is 16.5. The Kier molecular flexibility index (Phi) is 7.50. The van der Waals surface area contributed by atoms with Crippen molar-refractivity contribution >= 4 is 11.9 Å². The molecular weight excluding hydrogens is 320 g/mol. The van der Waals surface area contributed by atoms with E-state index >= 15 is 0 Å². The van der Waals surface area contributed by atoms with E-state index in [9.17, 15) is 9.59 Å². The summed E-state index contributed by atoms with van der Waals surface area (Å²) in [6.45, 7) is 7.09. The summed E-state index contributed by atoms with van der Waals surface area (Å²) < 4.78 is 10.4. The average Bonchev–Trinajstić information content (AvgIpc) is 2.98. The second-order valence-corrected chi connectivity index (χ2v) is 6.72. The molecule has 25 heavy (non-hydrogen) atoms. The van der Waals surface area contributed by atoms with E-state index in [0.29, 0.717) is 17.9 Å². The number of hydrogen-bond donors (Lipinski definition) is 1. The SMILES string of the molecule is CCCCCNC(=O)C1CCN(Cc2cc(C(=O)OC)c(C)o2)CC1. The number of piperidine rings is 1. The highest BCUT2D eigenvalue weighted by Gasteiger charge is 2.25. The number of esters is 1. The molecule has 1 saturated heterocycles. The van der Waals surface area contributed by atoms with Gasteiger partial charge in [-0.2, -0.15) is 0 Å². The van der Waals surface area contributed by atoms with Gasteiger partial charge in [-0.25, -0.2) is 4.79 Å². The van der Waals surface area contributed by atoms with Gasteiger partial charge in [-0.1, -0.05) is 19.8 Å². The maximum absolute atomic E-state index is 12.2. The van der Waals surface area contributed by atoms with E-state index in [1.165, 1.54) is 7.11 Å². The van der Waals surface area contributed by atoms with E-state index in [4.69, 9.17) is 9.15 Å². The summed E-state index contributed by atoms with van der Waals surface area (Å²) in [4.78, 5) is 26.1. The Bertz CT molecular complexity index is 574. The van der Waals surface area contributed by atoms with Crippen molar-refractivity contribution < 1.29 is 18.7 Å². The molecule has 1 fully saturated rings. The molecule has 1 amide bonds. The van der Waals surface area contributed by atoms with Gasteiger partial charge in [0.25, 0.3) is 0 Å². The molecule has 0 atom stereocenters. The summed E-state index contributed by atoms with van der Waals surface area (Å²) >= 11 is 0. The van der Waals surface area contributed by atoms with Crippen molar-refractivity contribution in [1.82, 2.24) is 10.2 Å². The molecule has 1 aliphatic rings. The lowest BCUT2D eigenvalue weighted by Crippen LogP contribution is -2.40. The normalized spacial score (nSPS) is 16.0. The van der Waals surface area contributed by atoms with E-state index in [-0.39, 0.29) is 17.8 Å². The number of carbonyl (C=O) groups is 2. The van der Waals surface area contributed by atoms with Crippen LogP contribution in [0.4, 0.5) is 0 Å². The molecule has 1 aromatic rings. The number of unbranched alkanes of at least 4 members (excludes halogenated alkanes) is 2. The third kappa shape index (κ3) is 5.59. The lowest BCUT2D eigenvalue weighted by Gasteiger charge is -2.30. The van der Waals surface area contributed by atoms with Crippen LogP contribution in [0, 0.1) is 12.8 Å². The van der Waals surface area contributed by atoms with E-state index < -0.39 is 0 Å². The third-order valence-electron chi connectivity index (χ3n) is 4.79. The summed E-state index contributed by atoms with van der Waals surface area (Å²) in [6.07, 6.45) is 5.11. The first-order chi connectivity index (χ1) is 12.0. The molecule has 0 aliphatic carbocycles. The number of rotatable bonds is 8. The van der Waals surface area contributed by atoms with Crippen molar-refractivity contribution in [2.24, 2.45) is 5.92 Å². The number of amides is 1. The van der Waals surface area contributed by atoms with Gasteiger partial charge in [0, 0.05) is 12.5 Å². The molecule has 1 aliphatic heterocycles. The molecule has 1 aromatic heterocycles. The van der Waals surface area contributed by atoms with Crippen LogP contribution >= 0.6 is 0 Å². The molecule has 140 valence electrons. The standard InChI is InChI=1S/C19H30N2O4/c1-4-5-6-9-20-18(22)15-7-10-21(11-8-15)13-16-12-17(14(2)25-16)19(23)24-3/h12,15H,4-11,13H2,1-3H3,(H,20,22). The Morgan fingerprint density at radius 2 is 2.04 bits per heavy atom. The second-order valence-electron chi connectivity index (χ2n) is 6.72. The lowest BCUT2D eigenvalue weighted by atomic mass is 9.96. The third-order valence-corrected chi connectivity index (χ3v) is 4.79. The van der Waals surface area contributed by atoms with Crippen molar-refractivity contribution in [1.29, 1.82) is 0 Å². The molecule has 6 heteroatoms. The van der Waals surface area contributed by atoms with Crippen LogP contribution in [0.1, 0.15) is 60.9 Å². The van der Waals surface area contributed by atoms with Gasteiger partial charge < -0.3 is 14.5 Å². The van der Waals surface area contributed by atoms with E-state index in [0.717, 1.165) is 57.5 Å². The second kappa shape index (κ2) is 9.61. The number of hydrogen-bond acceptors (Lipinski definition) is 5. The van der Waals surface area contributed by atoms with Gasteiger partial charge in [-0.15, -0.1) is 0 Å². The van der Waals surface area contributed by atoms with Crippen LogP contribution in [0.5, 0.6) is 0 Å². The average molecular weight is 350 g/mol. The molecule has 0 aromatic carbocycles. The Labute approximate surface area is 149 Å². The zero-order valence-electron chi connectivity index (χ0n) is 15.6. The van der Waals surface area contributed by atoms with Crippen LogP contribution in [0.2, 0.25) is 0 Å². The van der Waals surface area contributed by atoms with Crippen molar-refractivity contribution in [3.63, 3.8) is 0 Å². The number of furan rings is 1. The van der Waals surface area contributed by atoms with Gasteiger partial charge in [0.2, 0.25) is 5.91 Å². The predicted molar refractivity (Wildman–Crippen MR) is 95.3 cm³/mol. The Morgan fingerprint density at radius 3 is 2.68 bits per heavy atom. The monoisotopic (exact) mass is 350 g/mol. The molecule has 2 heterocycles. The lowest BCUT2D eigenvalue weighted by molar-refractivity contribution is -0.126. The van der Waals surface area contributed by atoms with Gasteiger partial charge >= 0.3 is 5.97 Å². The largest absolute Gasteiger partial charge is 0.465 e. The van der Waals surface area contributed by atoms with Crippen LogP contribution in [-0.2, 0) is 16.1 Å². The zero-order valence-corrected chi connectivity index (χ0v) is 15.6. The number of carbonyl (C=O) groups excluding carboxylic acids is 2. The van der Waals surface area contributed by atoms with E-state index in [2.05, 4.69) is 17.1 Å². The van der Waals surface area contributed by atoms with Gasteiger partial charge in [-0.05, 0) is 45.3 Å². The molecule has 0 unspecified atom stereocenters. The molecule has 0 bridgehead atoms. The first kappa shape index (κ1) is 19.5. The molecule has 0 saturated carbocycles.